The molecule has 0 spiro atoms. The van der Waals surface area contributed by atoms with E-state index in [1.165, 1.54) is 21.6 Å². The van der Waals surface area contributed by atoms with E-state index in [0.717, 1.165) is 23.9 Å². The van der Waals surface area contributed by atoms with E-state index in [2.05, 4.69) is 65.8 Å². The Kier molecular flexibility index (Phi) is 3.85. The van der Waals surface area contributed by atoms with Crippen LogP contribution in [0.4, 0.5) is 5.13 Å². The highest BCUT2D eigenvalue weighted by molar-refractivity contribution is 7.19. The number of nitrogens with one attached hydrogen (secondary N) is 1. The van der Waals surface area contributed by atoms with Crippen LogP contribution in [0.2, 0.25) is 0 Å². The molecule has 116 valence electrons. The van der Waals surface area contributed by atoms with E-state index in [-0.39, 0.29) is 6.23 Å². The Bertz CT molecular complexity index is 813. The van der Waals surface area contributed by atoms with Gasteiger partial charge in [0.05, 0.1) is 17.2 Å². The minimum Gasteiger partial charge on any atom is -0.354 e. The molecule has 4 heteroatoms. The Labute approximate surface area is 140 Å². The molecule has 1 aromatic heterocycles. The number of aromatic nitrogens is 1. The average Bonchev–Trinajstić information content (AvgIpc) is 2.96. The Hall–Kier alpha value is -2.17. The maximum Gasteiger partial charge on any atom is 0.185 e. The van der Waals surface area contributed by atoms with E-state index in [1.54, 1.807) is 11.3 Å². The minimum absolute atomic E-state index is 0.117. The summed E-state index contributed by atoms with van der Waals surface area (Å²) in [5.41, 5.74) is 4.83. The predicted octanol–water partition coefficient (Wildman–Crippen LogP) is 4.80. The fourth-order valence-electron chi connectivity index (χ4n) is 2.94. The van der Waals surface area contributed by atoms with Crippen LogP contribution < -0.4 is 5.32 Å². The molecule has 1 N–H and O–H groups in total. The number of hydrogen-bond acceptors (Lipinski definition) is 4. The van der Waals surface area contributed by atoms with Crippen LogP contribution in [0, 0.1) is 6.92 Å². The first-order valence-corrected chi connectivity index (χ1v) is 8.62. The van der Waals surface area contributed by atoms with Crippen molar-refractivity contribution in [1.82, 2.24) is 4.98 Å². The van der Waals surface area contributed by atoms with Crippen LogP contribution in [0.15, 0.2) is 54.6 Å². The zero-order valence-electron chi connectivity index (χ0n) is 13.0. The first kappa shape index (κ1) is 14.4. The molecular weight excluding hydrogens is 304 g/mol. The summed E-state index contributed by atoms with van der Waals surface area (Å²) in [7, 11) is 0. The van der Waals surface area contributed by atoms with Crippen LogP contribution in [0.3, 0.4) is 0 Å². The molecule has 1 aliphatic rings. The van der Waals surface area contributed by atoms with Crippen molar-refractivity contribution in [3.63, 3.8) is 0 Å². The monoisotopic (exact) mass is 322 g/mol. The van der Waals surface area contributed by atoms with Gasteiger partial charge in [-0.1, -0.05) is 65.9 Å². The van der Waals surface area contributed by atoms with Gasteiger partial charge >= 0.3 is 0 Å². The van der Waals surface area contributed by atoms with Crippen LogP contribution in [-0.4, -0.2) is 11.6 Å². The molecule has 4 rings (SSSR count). The summed E-state index contributed by atoms with van der Waals surface area (Å²) in [5.74, 6) is 0. The molecule has 2 aromatic carbocycles. The van der Waals surface area contributed by atoms with E-state index < -0.39 is 0 Å². The van der Waals surface area contributed by atoms with Crippen molar-refractivity contribution in [3.05, 3.63) is 71.4 Å². The highest BCUT2D eigenvalue weighted by Gasteiger charge is 2.21. The van der Waals surface area contributed by atoms with Crippen molar-refractivity contribution in [3.8, 4) is 10.4 Å². The fraction of sp³-hybridized carbons (Fsp3) is 0.211. The van der Waals surface area contributed by atoms with Gasteiger partial charge in [0, 0.05) is 5.56 Å². The van der Waals surface area contributed by atoms with Crippen LogP contribution in [0.25, 0.3) is 10.4 Å². The zero-order chi connectivity index (χ0) is 15.6. The van der Waals surface area contributed by atoms with Crippen molar-refractivity contribution in [2.45, 2.75) is 19.6 Å². The van der Waals surface area contributed by atoms with E-state index in [1.807, 2.05) is 6.07 Å². The minimum atomic E-state index is -0.117. The summed E-state index contributed by atoms with van der Waals surface area (Å²) in [4.78, 5) is 5.89. The van der Waals surface area contributed by atoms with Gasteiger partial charge in [0.2, 0.25) is 0 Å². The topological polar surface area (TPSA) is 34.2 Å². The van der Waals surface area contributed by atoms with Crippen molar-refractivity contribution >= 4 is 16.5 Å². The lowest BCUT2D eigenvalue weighted by molar-refractivity contribution is 0.0617. The summed E-state index contributed by atoms with van der Waals surface area (Å²) in [6, 6.07) is 18.8. The molecule has 3 aromatic rings. The average molecular weight is 322 g/mol. The number of nitrogens with zero attached hydrogens (tertiary/aromatic N) is 1. The van der Waals surface area contributed by atoms with Crippen LogP contribution >= 0.6 is 11.3 Å². The SMILES string of the molecule is Cc1nc(NC2OCCc3ccccc32)sc1-c1ccccc1. The number of aryl methyl sites for hydroxylation is 1. The molecule has 1 aliphatic heterocycles. The number of benzene rings is 2. The zero-order valence-corrected chi connectivity index (χ0v) is 13.8. The Morgan fingerprint density at radius 1 is 1.09 bits per heavy atom. The lowest BCUT2D eigenvalue weighted by Gasteiger charge is -2.26. The van der Waals surface area contributed by atoms with Gasteiger partial charge in [0.25, 0.3) is 0 Å². The largest absolute Gasteiger partial charge is 0.354 e. The van der Waals surface area contributed by atoms with E-state index in [0.29, 0.717) is 0 Å². The summed E-state index contributed by atoms with van der Waals surface area (Å²) in [6.45, 7) is 2.80. The van der Waals surface area contributed by atoms with Gasteiger partial charge in [-0.2, -0.15) is 0 Å². The second-order valence-electron chi connectivity index (χ2n) is 5.64. The number of ether oxygens (including phenoxy) is 1. The van der Waals surface area contributed by atoms with Crippen LogP contribution in [-0.2, 0) is 11.2 Å². The van der Waals surface area contributed by atoms with Gasteiger partial charge in [0.15, 0.2) is 11.4 Å². The maximum absolute atomic E-state index is 5.92. The van der Waals surface area contributed by atoms with Gasteiger partial charge < -0.3 is 10.1 Å². The van der Waals surface area contributed by atoms with Crippen molar-refractivity contribution in [2.24, 2.45) is 0 Å². The molecule has 2 heterocycles. The van der Waals surface area contributed by atoms with Crippen molar-refractivity contribution in [2.75, 3.05) is 11.9 Å². The highest BCUT2D eigenvalue weighted by atomic mass is 32.1. The highest BCUT2D eigenvalue weighted by Crippen LogP contribution is 2.35. The molecule has 0 saturated heterocycles. The number of anilines is 1. The quantitative estimate of drug-likeness (QED) is 0.752. The number of fused-ring (bicyclic) bond motifs is 1. The smallest absolute Gasteiger partial charge is 0.185 e. The number of hydrogen-bond donors (Lipinski definition) is 1. The molecular formula is C19H18N2OS. The summed E-state index contributed by atoms with van der Waals surface area (Å²) >= 11 is 1.68. The van der Waals surface area contributed by atoms with E-state index in [9.17, 15) is 0 Å². The molecule has 0 saturated carbocycles. The third kappa shape index (κ3) is 2.87. The first-order valence-electron chi connectivity index (χ1n) is 7.80. The predicted molar refractivity (Wildman–Crippen MR) is 94.7 cm³/mol. The number of rotatable bonds is 3. The van der Waals surface area contributed by atoms with Gasteiger partial charge in [-0.05, 0) is 24.5 Å². The molecule has 1 atom stereocenters. The first-order chi connectivity index (χ1) is 11.3. The lowest BCUT2D eigenvalue weighted by Crippen LogP contribution is -2.22. The third-order valence-electron chi connectivity index (χ3n) is 4.08. The molecule has 0 radical (unpaired) electrons. The van der Waals surface area contributed by atoms with Gasteiger partial charge in [-0.15, -0.1) is 0 Å². The standard InChI is InChI=1S/C19H18N2OS/c1-13-17(15-8-3-2-4-9-15)23-19(20-13)21-18-16-10-6-5-7-14(16)11-12-22-18/h2-10,18H,11-12H2,1H3,(H,20,21). The van der Waals surface area contributed by atoms with E-state index >= 15 is 0 Å². The molecule has 1 unspecified atom stereocenters. The van der Waals surface area contributed by atoms with Gasteiger partial charge in [-0.25, -0.2) is 4.98 Å². The summed E-state index contributed by atoms with van der Waals surface area (Å²) in [5, 5.41) is 4.36. The Morgan fingerprint density at radius 2 is 1.87 bits per heavy atom. The summed E-state index contributed by atoms with van der Waals surface area (Å²) < 4.78 is 5.92. The van der Waals surface area contributed by atoms with E-state index in [4.69, 9.17) is 4.74 Å². The van der Waals surface area contributed by atoms with Crippen LogP contribution in [0.5, 0.6) is 0 Å². The molecule has 3 nitrogen and oxygen atoms in total. The van der Waals surface area contributed by atoms with Crippen LogP contribution in [0.1, 0.15) is 23.0 Å². The van der Waals surface area contributed by atoms with Crippen molar-refractivity contribution in [1.29, 1.82) is 0 Å². The second kappa shape index (κ2) is 6.14. The molecule has 0 aliphatic carbocycles. The normalized spacial score (nSPS) is 16.8. The fourth-order valence-corrected chi connectivity index (χ4v) is 3.93. The molecule has 0 fully saturated rings. The third-order valence-corrected chi connectivity index (χ3v) is 5.22. The molecule has 0 amide bonds. The Balaban J connectivity index is 1.62. The van der Waals surface area contributed by atoms with Gasteiger partial charge in [-0.3, -0.25) is 0 Å². The van der Waals surface area contributed by atoms with Crippen molar-refractivity contribution < 1.29 is 4.74 Å². The summed E-state index contributed by atoms with van der Waals surface area (Å²) in [6.07, 6.45) is 0.856. The number of thiazole rings is 1. The second-order valence-corrected chi connectivity index (χ2v) is 6.64. The lowest BCUT2D eigenvalue weighted by atomic mass is 10.0. The Morgan fingerprint density at radius 3 is 2.74 bits per heavy atom. The van der Waals surface area contributed by atoms with Gasteiger partial charge in [0.1, 0.15) is 0 Å². The molecule has 23 heavy (non-hydrogen) atoms. The maximum atomic E-state index is 5.92. The molecule has 0 bridgehead atoms.